The van der Waals surface area contributed by atoms with E-state index in [2.05, 4.69) is 10.6 Å². The van der Waals surface area contributed by atoms with Crippen molar-refractivity contribution < 1.29 is 144 Å². The van der Waals surface area contributed by atoms with E-state index in [4.69, 9.17) is 42.6 Å². The molecule has 0 saturated carbocycles. The Morgan fingerprint density at radius 1 is 0.588 bits per heavy atom. The largest absolute Gasteiger partial charge is 0.477 e. The van der Waals surface area contributed by atoms with Gasteiger partial charge in [0.25, 0.3) is 5.79 Å². The molecule has 5 heterocycles. The molecule has 0 bridgehead atoms. The zero-order chi connectivity index (χ0) is 50.7. The maximum atomic E-state index is 13.0. The van der Waals surface area contributed by atoms with Gasteiger partial charge in [0.15, 0.2) is 25.2 Å². The highest BCUT2D eigenvalue weighted by Crippen LogP contribution is 2.38. The molecule has 0 aromatic carbocycles. The summed E-state index contributed by atoms with van der Waals surface area (Å²) < 4.78 is 50.9. The van der Waals surface area contributed by atoms with Crippen LogP contribution in [0, 0.1) is 0 Å². The van der Waals surface area contributed by atoms with Crippen LogP contribution in [0.2, 0.25) is 0 Å². The summed E-state index contributed by atoms with van der Waals surface area (Å²) in [6.07, 6.45) is -46.8. The lowest BCUT2D eigenvalue weighted by atomic mass is 9.88. The van der Waals surface area contributed by atoms with Gasteiger partial charge in [-0.05, 0) is 0 Å². The third kappa shape index (κ3) is 12.0. The molecule has 0 aromatic rings. The fourth-order valence-electron chi connectivity index (χ4n) is 8.43. The molecule has 5 saturated heterocycles. The van der Waals surface area contributed by atoms with E-state index in [1.807, 2.05) is 0 Å². The molecule has 19 N–H and O–H groups in total. The van der Waals surface area contributed by atoms with Crippen LogP contribution in [-0.4, -0.2) is 297 Å². The zero-order valence-electron chi connectivity index (χ0n) is 36.2. The Bertz CT molecular complexity index is 1650. The highest BCUT2D eigenvalue weighted by Gasteiger charge is 2.59. The Morgan fingerprint density at radius 2 is 1.07 bits per heavy atom. The smallest absolute Gasteiger partial charge is 0.364 e. The number of carbonyl (C=O) groups excluding carboxylic acids is 2. The lowest BCUT2D eigenvalue weighted by Gasteiger charge is -2.50. The van der Waals surface area contributed by atoms with Crippen LogP contribution in [0.4, 0.5) is 0 Å². The quantitative estimate of drug-likeness (QED) is 0.0606. The summed E-state index contributed by atoms with van der Waals surface area (Å²) in [5, 5.41) is 184. The molecule has 5 aliphatic heterocycles. The average molecular weight is 999 g/mol. The molecule has 68 heavy (non-hydrogen) atoms. The molecule has 26 atom stereocenters. The van der Waals surface area contributed by atoms with Gasteiger partial charge in [0.2, 0.25) is 11.8 Å². The Balaban J connectivity index is 1.49. The Kier molecular flexibility index (Phi) is 19.7. The standard InChI is InChI=1S/C37H62N2O29/c1-9(44)38-17-11(46)3-37(36(58)59,68-31(17)19(48)12(47)4-40)60-8-16-21(50)30(67-34-26(55)22(51)20(49)13(5-41)62-34)18(39-10(2)45)33(64-16)65-29-15(7-43)63-35(27(56)24(29)53)66-28-14(6-42)61-32(57)25(54)23(28)52/h11-35,40-43,46-57H,3-8H2,1-2H3,(H,38,44)(H,39,45)(H,58,59)/t11-,12+,13+,14+,15+,16+,17+,18+,19+,20-,21+,22-,23+,24+,25+,26+,27+,28+,29-,30+,31+,32+,33-,34-,35-,37+/m0/s1. The predicted molar refractivity (Wildman–Crippen MR) is 207 cm³/mol. The van der Waals surface area contributed by atoms with E-state index in [1.165, 1.54) is 0 Å². The second kappa shape index (κ2) is 23.8. The molecule has 2 amide bonds. The minimum Gasteiger partial charge on any atom is -0.477 e. The SMILES string of the molecule is CC(=O)N[C@H]1[C@H](O[C@@H]2[C@H](O)[C@@H](O)[C@H](O[C@H]3[C@H](O)[C@@H](O)[C@H](O)O[C@@H]3CO)O[C@@H]2CO)O[C@H](CO[C@]2(C(=O)O)C[C@H](O)[C@@H](NC(C)=O)[C@H]([C@H](O)[C@H](O)CO)O2)[C@@H](O)[C@@H]1O[C@@H]1O[C@H](CO)[C@H](O)[C@H](O)[C@H]1O. The maximum Gasteiger partial charge on any atom is 0.364 e. The van der Waals surface area contributed by atoms with Crippen LogP contribution < -0.4 is 10.6 Å². The first-order valence-corrected chi connectivity index (χ1v) is 21.2. The molecule has 0 unspecified atom stereocenters. The van der Waals surface area contributed by atoms with E-state index in [0.717, 1.165) is 13.8 Å². The molecule has 31 nitrogen and oxygen atoms in total. The number of nitrogens with one attached hydrogen (secondary N) is 2. The monoisotopic (exact) mass is 998 g/mol. The van der Waals surface area contributed by atoms with Crippen LogP contribution in [-0.2, 0) is 57.0 Å². The van der Waals surface area contributed by atoms with Crippen molar-refractivity contribution in [3.8, 4) is 0 Å². The van der Waals surface area contributed by atoms with Crippen molar-refractivity contribution in [2.45, 2.75) is 179 Å². The molecule has 0 spiro atoms. The fourth-order valence-corrected chi connectivity index (χ4v) is 8.43. The Labute approximate surface area is 384 Å². The zero-order valence-corrected chi connectivity index (χ0v) is 36.2. The topological polar surface area (TPSA) is 502 Å². The van der Waals surface area contributed by atoms with Crippen molar-refractivity contribution >= 4 is 17.8 Å². The number of carbonyl (C=O) groups is 3. The van der Waals surface area contributed by atoms with Gasteiger partial charge in [0.05, 0.1) is 45.2 Å². The first-order valence-electron chi connectivity index (χ1n) is 21.2. The lowest BCUT2D eigenvalue weighted by molar-refractivity contribution is -0.382. The minimum absolute atomic E-state index is 0.804. The number of aliphatic hydroxyl groups is 16. The van der Waals surface area contributed by atoms with Crippen molar-refractivity contribution in [2.24, 2.45) is 0 Å². The van der Waals surface area contributed by atoms with Gasteiger partial charge in [0.1, 0.15) is 116 Å². The Hall–Kier alpha value is -2.59. The molecule has 5 aliphatic rings. The second-order valence-corrected chi connectivity index (χ2v) is 16.9. The summed E-state index contributed by atoms with van der Waals surface area (Å²) in [5.74, 6) is -6.77. The number of hydrogen-bond acceptors (Lipinski definition) is 28. The number of amides is 2. The first kappa shape index (κ1) is 56.3. The van der Waals surface area contributed by atoms with Gasteiger partial charge in [-0.3, -0.25) is 9.59 Å². The second-order valence-electron chi connectivity index (χ2n) is 16.9. The summed E-state index contributed by atoms with van der Waals surface area (Å²) in [4.78, 5) is 37.7. The van der Waals surface area contributed by atoms with E-state index >= 15 is 0 Å². The highest BCUT2D eigenvalue weighted by atomic mass is 16.8. The van der Waals surface area contributed by atoms with Crippen molar-refractivity contribution in [1.29, 1.82) is 0 Å². The molecule has 0 aromatic heterocycles. The maximum absolute atomic E-state index is 13.0. The minimum atomic E-state index is -3.05. The Morgan fingerprint density at radius 3 is 1.62 bits per heavy atom. The van der Waals surface area contributed by atoms with E-state index in [0.29, 0.717) is 0 Å². The van der Waals surface area contributed by atoms with Crippen molar-refractivity contribution in [1.82, 2.24) is 10.6 Å². The van der Waals surface area contributed by atoms with Gasteiger partial charge in [-0.25, -0.2) is 4.79 Å². The molecular weight excluding hydrogens is 936 g/mol. The number of ether oxygens (including phenoxy) is 9. The van der Waals surface area contributed by atoms with Crippen LogP contribution >= 0.6 is 0 Å². The van der Waals surface area contributed by atoms with E-state index in [1.54, 1.807) is 0 Å². The third-order valence-corrected chi connectivity index (χ3v) is 12.1. The number of hydrogen-bond donors (Lipinski definition) is 19. The van der Waals surface area contributed by atoms with Gasteiger partial charge in [-0.1, -0.05) is 0 Å². The molecule has 5 rings (SSSR count). The number of aliphatic hydroxyl groups excluding tert-OH is 16. The van der Waals surface area contributed by atoms with Crippen LogP contribution in [0.15, 0.2) is 0 Å². The van der Waals surface area contributed by atoms with Gasteiger partial charge in [-0.15, -0.1) is 0 Å². The lowest BCUT2D eigenvalue weighted by Crippen LogP contribution is -2.71. The summed E-state index contributed by atoms with van der Waals surface area (Å²) in [7, 11) is 0. The van der Waals surface area contributed by atoms with Gasteiger partial charge >= 0.3 is 5.97 Å². The first-order chi connectivity index (χ1) is 31.9. The molecule has 31 heteroatoms. The van der Waals surface area contributed by atoms with Crippen molar-refractivity contribution in [3.63, 3.8) is 0 Å². The average Bonchev–Trinajstić information content (AvgIpc) is 3.29. The summed E-state index contributed by atoms with van der Waals surface area (Å²) >= 11 is 0. The van der Waals surface area contributed by atoms with E-state index in [9.17, 15) is 101 Å². The number of rotatable bonds is 18. The molecular formula is C37H62N2O29. The third-order valence-electron chi connectivity index (χ3n) is 12.1. The van der Waals surface area contributed by atoms with Crippen molar-refractivity contribution in [2.75, 3.05) is 33.0 Å². The summed E-state index contributed by atoms with van der Waals surface area (Å²) in [6.45, 7) is -3.28. The van der Waals surface area contributed by atoms with Gasteiger partial charge < -0.3 is 140 Å². The molecule has 0 radical (unpaired) electrons. The van der Waals surface area contributed by atoms with E-state index in [-0.39, 0.29) is 0 Å². The summed E-state index contributed by atoms with van der Waals surface area (Å²) in [6, 6.07) is -3.49. The van der Waals surface area contributed by atoms with Crippen LogP contribution in [0.1, 0.15) is 20.3 Å². The van der Waals surface area contributed by atoms with Gasteiger partial charge in [0, 0.05) is 20.3 Å². The van der Waals surface area contributed by atoms with Crippen LogP contribution in [0.3, 0.4) is 0 Å². The fraction of sp³-hybridized carbons (Fsp3) is 0.919. The number of carboxylic acid groups (broad SMARTS) is 1. The van der Waals surface area contributed by atoms with Gasteiger partial charge in [-0.2, -0.15) is 0 Å². The van der Waals surface area contributed by atoms with Crippen molar-refractivity contribution in [3.05, 3.63) is 0 Å². The van der Waals surface area contributed by atoms with Crippen LogP contribution in [0.5, 0.6) is 0 Å². The number of aliphatic carboxylic acids is 1. The molecule has 394 valence electrons. The van der Waals surface area contributed by atoms with Crippen LogP contribution in [0.25, 0.3) is 0 Å². The predicted octanol–water partition coefficient (Wildman–Crippen LogP) is -12.4. The normalized spacial score (nSPS) is 46.6. The van der Waals surface area contributed by atoms with E-state index < -0.39 is 216 Å². The molecule has 5 fully saturated rings. The summed E-state index contributed by atoms with van der Waals surface area (Å²) in [5.41, 5.74) is 0. The molecule has 0 aliphatic carbocycles. The number of carboxylic acids is 1. The highest BCUT2D eigenvalue weighted by molar-refractivity contribution is 5.76.